The standard InChI is InChI=1S/C19H20N6O2/c26-18(27)17-16-15(23-12-24-16)6-7-25(17)11-14-9-21-19(22-10-14)20-8-13-4-2-1-3-5-13/h1-5,9-10,12,17H,6-8,11H2,(H,23,24)(H,26,27)(H,20,21,22)/t17-/m1/s1. The molecule has 8 heteroatoms. The van der Waals surface area contributed by atoms with Crippen molar-refractivity contribution in [3.8, 4) is 0 Å². The quantitative estimate of drug-likeness (QED) is 0.614. The molecule has 0 aliphatic carbocycles. The Morgan fingerprint density at radius 3 is 2.70 bits per heavy atom. The molecular formula is C19H20N6O2. The molecule has 0 bridgehead atoms. The molecule has 0 unspecified atom stereocenters. The number of aromatic nitrogens is 4. The zero-order valence-electron chi connectivity index (χ0n) is 14.7. The summed E-state index contributed by atoms with van der Waals surface area (Å²) in [6.07, 6.45) is 5.77. The van der Waals surface area contributed by atoms with Crippen molar-refractivity contribution in [2.75, 3.05) is 11.9 Å². The molecule has 1 aliphatic heterocycles. The van der Waals surface area contributed by atoms with Crippen molar-refractivity contribution in [1.82, 2.24) is 24.8 Å². The molecule has 3 N–H and O–H groups in total. The first kappa shape index (κ1) is 17.2. The van der Waals surface area contributed by atoms with Crippen LogP contribution >= 0.6 is 0 Å². The van der Waals surface area contributed by atoms with E-state index < -0.39 is 12.0 Å². The molecule has 138 valence electrons. The van der Waals surface area contributed by atoms with E-state index in [9.17, 15) is 9.90 Å². The Bertz CT molecular complexity index is 909. The van der Waals surface area contributed by atoms with Gasteiger partial charge in [0.1, 0.15) is 0 Å². The van der Waals surface area contributed by atoms with Crippen molar-refractivity contribution in [3.63, 3.8) is 0 Å². The van der Waals surface area contributed by atoms with Gasteiger partial charge in [-0.2, -0.15) is 0 Å². The number of carbonyl (C=O) groups is 1. The minimum atomic E-state index is -0.898. The lowest BCUT2D eigenvalue weighted by Gasteiger charge is -2.31. The third-order valence-electron chi connectivity index (χ3n) is 4.64. The van der Waals surface area contributed by atoms with Gasteiger partial charge in [0.05, 0.1) is 12.0 Å². The number of carboxylic acid groups (broad SMARTS) is 1. The lowest BCUT2D eigenvalue weighted by atomic mass is 10.0. The molecule has 8 nitrogen and oxygen atoms in total. The molecular weight excluding hydrogens is 344 g/mol. The summed E-state index contributed by atoms with van der Waals surface area (Å²) in [5.41, 5.74) is 3.51. The second kappa shape index (κ2) is 7.55. The smallest absolute Gasteiger partial charge is 0.327 e. The molecule has 0 spiro atoms. The summed E-state index contributed by atoms with van der Waals surface area (Å²) in [7, 11) is 0. The van der Waals surface area contributed by atoms with Gasteiger partial charge in [-0.05, 0) is 5.56 Å². The Hall–Kier alpha value is -3.26. The minimum absolute atomic E-state index is 0.461. The van der Waals surface area contributed by atoms with Gasteiger partial charge in [0.15, 0.2) is 6.04 Å². The van der Waals surface area contributed by atoms with Crippen LogP contribution in [-0.2, 0) is 24.3 Å². The van der Waals surface area contributed by atoms with Gasteiger partial charge in [-0.3, -0.25) is 9.69 Å². The number of aromatic amines is 1. The molecule has 3 heterocycles. The highest BCUT2D eigenvalue weighted by Gasteiger charge is 2.35. The molecule has 0 saturated heterocycles. The fourth-order valence-electron chi connectivity index (χ4n) is 3.31. The summed E-state index contributed by atoms with van der Waals surface area (Å²) < 4.78 is 0. The van der Waals surface area contributed by atoms with Gasteiger partial charge < -0.3 is 15.4 Å². The second-order valence-corrected chi connectivity index (χ2v) is 6.48. The van der Waals surface area contributed by atoms with Gasteiger partial charge in [-0.15, -0.1) is 0 Å². The third-order valence-corrected chi connectivity index (χ3v) is 4.64. The number of hydrogen-bond donors (Lipinski definition) is 3. The first-order chi connectivity index (χ1) is 13.2. The fraction of sp³-hybridized carbons (Fsp3) is 0.263. The average Bonchev–Trinajstić information content (AvgIpc) is 3.16. The topological polar surface area (TPSA) is 107 Å². The van der Waals surface area contributed by atoms with Gasteiger partial charge in [0.25, 0.3) is 0 Å². The summed E-state index contributed by atoms with van der Waals surface area (Å²) in [5, 5.41) is 12.8. The normalized spacial score (nSPS) is 16.7. The van der Waals surface area contributed by atoms with E-state index in [-0.39, 0.29) is 0 Å². The number of rotatable bonds is 6. The van der Waals surface area contributed by atoms with E-state index in [1.165, 1.54) is 0 Å². The maximum Gasteiger partial charge on any atom is 0.327 e. The number of aliphatic carboxylic acids is 1. The van der Waals surface area contributed by atoms with Crippen LogP contribution in [0.25, 0.3) is 0 Å². The van der Waals surface area contributed by atoms with Crippen LogP contribution in [0.1, 0.15) is 28.6 Å². The zero-order chi connectivity index (χ0) is 18.6. The minimum Gasteiger partial charge on any atom is -0.480 e. The summed E-state index contributed by atoms with van der Waals surface area (Å²) in [6.45, 7) is 1.75. The predicted molar refractivity (Wildman–Crippen MR) is 98.9 cm³/mol. The molecule has 1 aromatic carbocycles. The number of fused-ring (bicyclic) bond motifs is 1. The van der Waals surface area contributed by atoms with Crippen molar-refractivity contribution in [1.29, 1.82) is 0 Å². The van der Waals surface area contributed by atoms with Gasteiger partial charge >= 0.3 is 5.97 Å². The van der Waals surface area contributed by atoms with Crippen molar-refractivity contribution in [2.24, 2.45) is 0 Å². The van der Waals surface area contributed by atoms with Crippen LogP contribution < -0.4 is 5.32 Å². The Balaban J connectivity index is 1.41. The monoisotopic (exact) mass is 364 g/mol. The summed E-state index contributed by atoms with van der Waals surface area (Å²) >= 11 is 0. The fourth-order valence-corrected chi connectivity index (χ4v) is 3.31. The number of H-pyrrole nitrogens is 1. The highest BCUT2D eigenvalue weighted by molar-refractivity contribution is 5.75. The molecule has 3 aromatic rings. The Labute approximate surface area is 156 Å². The molecule has 1 aliphatic rings. The number of imidazole rings is 1. The van der Waals surface area contributed by atoms with Crippen LogP contribution in [0.5, 0.6) is 0 Å². The van der Waals surface area contributed by atoms with Gasteiger partial charge in [0.2, 0.25) is 5.95 Å². The van der Waals surface area contributed by atoms with Crippen molar-refractivity contribution in [3.05, 3.63) is 71.6 Å². The molecule has 0 amide bonds. The Morgan fingerprint density at radius 1 is 1.19 bits per heavy atom. The number of hydrogen-bond acceptors (Lipinski definition) is 6. The highest BCUT2D eigenvalue weighted by Crippen LogP contribution is 2.28. The van der Waals surface area contributed by atoms with Crippen LogP contribution in [-0.4, -0.2) is 42.5 Å². The van der Waals surface area contributed by atoms with E-state index in [0.29, 0.717) is 31.3 Å². The molecule has 0 fully saturated rings. The summed E-state index contributed by atoms with van der Waals surface area (Å²) in [5.74, 6) is -0.351. The maximum absolute atomic E-state index is 11.8. The van der Waals surface area contributed by atoms with Gasteiger partial charge in [-0.1, -0.05) is 30.3 Å². The van der Waals surface area contributed by atoms with Crippen molar-refractivity contribution in [2.45, 2.75) is 25.6 Å². The molecule has 27 heavy (non-hydrogen) atoms. The largest absolute Gasteiger partial charge is 0.480 e. The predicted octanol–water partition coefficient (Wildman–Crippen LogP) is 2.00. The molecule has 1 atom stereocenters. The third kappa shape index (κ3) is 3.80. The van der Waals surface area contributed by atoms with Crippen LogP contribution in [0.3, 0.4) is 0 Å². The van der Waals surface area contributed by atoms with Crippen LogP contribution in [0.15, 0.2) is 49.1 Å². The molecule has 4 rings (SSSR count). The van der Waals surface area contributed by atoms with Crippen LogP contribution in [0.4, 0.5) is 5.95 Å². The highest BCUT2D eigenvalue weighted by atomic mass is 16.4. The number of carboxylic acids is 1. The summed E-state index contributed by atoms with van der Waals surface area (Å²) in [4.78, 5) is 29.6. The van der Waals surface area contributed by atoms with E-state index >= 15 is 0 Å². The number of nitrogens with one attached hydrogen (secondary N) is 2. The van der Waals surface area contributed by atoms with E-state index in [0.717, 1.165) is 23.2 Å². The number of anilines is 1. The lowest BCUT2D eigenvalue weighted by molar-refractivity contribution is -0.144. The second-order valence-electron chi connectivity index (χ2n) is 6.48. The van der Waals surface area contributed by atoms with E-state index in [1.54, 1.807) is 18.7 Å². The van der Waals surface area contributed by atoms with Crippen LogP contribution in [0, 0.1) is 0 Å². The van der Waals surface area contributed by atoms with E-state index in [2.05, 4.69) is 25.3 Å². The molecule has 0 radical (unpaired) electrons. The first-order valence-corrected chi connectivity index (χ1v) is 8.78. The Morgan fingerprint density at radius 2 is 1.96 bits per heavy atom. The maximum atomic E-state index is 11.8. The summed E-state index contributed by atoms with van der Waals surface area (Å²) in [6, 6.07) is 9.27. The molecule has 2 aromatic heterocycles. The van der Waals surface area contributed by atoms with Gasteiger partial charge in [-0.25, -0.2) is 15.0 Å². The Kier molecular flexibility index (Phi) is 4.80. The number of benzene rings is 1. The number of nitrogens with zero attached hydrogens (tertiary/aromatic N) is 4. The van der Waals surface area contributed by atoms with Crippen LogP contribution in [0.2, 0.25) is 0 Å². The first-order valence-electron chi connectivity index (χ1n) is 8.78. The van der Waals surface area contributed by atoms with Crippen molar-refractivity contribution >= 4 is 11.9 Å². The van der Waals surface area contributed by atoms with E-state index in [1.807, 2.05) is 35.2 Å². The average molecular weight is 364 g/mol. The molecule has 0 saturated carbocycles. The SMILES string of the molecule is O=C(O)[C@H]1c2nc[nH]c2CCN1Cc1cnc(NCc2ccccc2)nc1. The van der Waals surface area contributed by atoms with E-state index in [4.69, 9.17) is 0 Å². The van der Waals surface area contributed by atoms with Crippen molar-refractivity contribution < 1.29 is 9.90 Å². The lowest BCUT2D eigenvalue weighted by Crippen LogP contribution is -2.39. The van der Waals surface area contributed by atoms with Gasteiger partial charge in [0, 0.05) is 49.7 Å². The zero-order valence-corrected chi connectivity index (χ0v) is 14.7.